The number of hydrogen-bond donors (Lipinski definition) is 2. The molecular formula is C20H21ClN4O2. The molecule has 0 fully saturated rings. The van der Waals surface area contributed by atoms with Crippen LogP contribution in [0.3, 0.4) is 0 Å². The third-order valence-corrected chi connectivity index (χ3v) is 4.15. The largest absolute Gasteiger partial charge is 0.492 e. The van der Waals surface area contributed by atoms with Crippen LogP contribution in [0.4, 0.5) is 10.5 Å². The average Bonchev–Trinajstić information content (AvgIpc) is 3.16. The SMILES string of the molecule is CCOc1ccc(NC(=O)NCc2cccc(Cn3ccnc3)c2)cc1Cl. The molecule has 0 aliphatic rings. The summed E-state index contributed by atoms with van der Waals surface area (Å²) in [5.41, 5.74) is 2.77. The number of rotatable bonds is 7. The Kier molecular flexibility index (Phi) is 6.33. The number of carbonyl (C=O) groups is 1. The van der Waals surface area contributed by atoms with E-state index in [0.29, 0.717) is 29.6 Å². The monoisotopic (exact) mass is 384 g/mol. The van der Waals surface area contributed by atoms with Gasteiger partial charge in [-0.05, 0) is 36.2 Å². The molecule has 0 saturated heterocycles. The molecule has 0 bridgehead atoms. The van der Waals surface area contributed by atoms with Crippen LogP contribution in [0.15, 0.2) is 61.2 Å². The van der Waals surface area contributed by atoms with E-state index in [4.69, 9.17) is 16.3 Å². The number of anilines is 1. The van der Waals surface area contributed by atoms with Crippen molar-refractivity contribution in [3.8, 4) is 5.75 Å². The Labute approximate surface area is 163 Å². The number of amides is 2. The Morgan fingerprint density at radius 3 is 2.81 bits per heavy atom. The predicted molar refractivity (Wildman–Crippen MR) is 106 cm³/mol. The molecule has 7 heteroatoms. The molecule has 0 aliphatic carbocycles. The molecule has 0 atom stereocenters. The lowest BCUT2D eigenvalue weighted by molar-refractivity contribution is 0.251. The lowest BCUT2D eigenvalue weighted by Gasteiger charge is -2.11. The van der Waals surface area contributed by atoms with Gasteiger partial charge in [-0.25, -0.2) is 9.78 Å². The first-order valence-electron chi connectivity index (χ1n) is 8.65. The number of aromatic nitrogens is 2. The highest BCUT2D eigenvalue weighted by Crippen LogP contribution is 2.27. The Morgan fingerprint density at radius 1 is 1.22 bits per heavy atom. The standard InChI is InChI=1S/C20H21ClN4O2/c1-2-27-19-7-6-17(11-18(19)21)24-20(26)23-12-15-4-3-5-16(10-15)13-25-9-8-22-14-25/h3-11,14H,2,12-13H2,1H3,(H2,23,24,26). The molecule has 27 heavy (non-hydrogen) atoms. The lowest BCUT2D eigenvalue weighted by atomic mass is 10.1. The number of benzene rings is 2. The van der Waals surface area contributed by atoms with Gasteiger partial charge in [0.15, 0.2) is 0 Å². The van der Waals surface area contributed by atoms with Gasteiger partial charge in [0, 0.05) is 31.2 Å². The molecule has 3 rings (SSSR count). The minimum atomic E-state index is -0.296. The van der Waals surface area contributed by atoms with Crippen LogP contribution in [0.1, 0.15) is 18.1 Å². The minimum absolute atomic E-state index is 0.296. The molecule has 0 saturated carbocycles. The molecule has 1 aromatic heterocycles. The molecule has 2 amide bonds. The fourth-order valence-corrected chi connectivity index (χ4v) is 2.87. The maximum Gasteiger partial charge on any atom is 0.319 e. The number of hydrogen-bond acceptors (Lipinski definition) is 3. The van der Waals surface area contributed by atoms with E-state index in [0.717, 1.165) is 17.7 Å². The van der Waals surface area contributed by atoms with Crippen molar-refractivity contribution in [2.45, 2.75) is 20.0 Å². The first-order chi connectivity index (χ1) is 13.1. The Bertz CT molecular complexity index is 897. The van der Waals surface area contributed by atoms with Gasteiger partial charge in [-0.2, -0.15) is 0 Å². The normalized spacial score (nSPS) is 10.4. The molecule has 1 heterocycles. The van der Waals surface area contributed by atoms with E-state index in [1.807, 2.05) is 35.9 Å². The molecule has 0 radical (unpaired) electrons. The molecule has 3 aromatic rings. The van der Waals surface area contributed by atoms with Crippen molar-refractivity contribution < 1.29 is 9.53 Å². The number of ether oxygens (including phenoxy) is 1. The molecule has 0 unspecified atom stereocenters. The number of imidazole rings is 1. The maximum absolute atomic E-state index is 12.1. The van der Waals surface area contributed by atoms with Crippen LogP contribution in [-0.4, -0.2) is 22.2 Å². The second kappa shape index (κ2) is 9.09. The van der Waals surface area contributed by atoms with Gasteiger partial charge in [0.05, 0.1) is 18.0 Å². The zero-order valence-corrected chi connectivity index (χ0v) is 15.7. The van der Waals surface area contributed by atoms with Gasteiger partial charge in [0.1, 0.15) is 5.75 Å². The van der Waals surface area contributed by atoms with Crippen molar-refractivity contribution in [1.82, 2.24) is 14.9 Å². The van der Waals surface area contributed by atoms with E-state index >= 15 is 0 Å². The van der Waals surface area contributed by atoms with E-state index < -0.39 is 0 Å². The quantitative estimate of drug-likeness (QED) is 0.638. The van der Waals surface area contributed by atoms with E-state index in [1.165, 1.54) is 0 Å². The van der Waals surface area contributed by atoms with Crippen molar-refractivity contribution >= 4 is 23.3 Å². The summed E-state index contributed by atoms with van der Waals surface area (Å²) in [7, 11) is 0. The van der Waals surface area contributed by atoms with Gasteiger partial charge in [-0.1, -0.05) is 35.9 Å². The molecule has 140 valence electrons. The smallest absolute Gasteiger partial charge is 0.319 e. The number of carbonyl (C=O) groups excluding carboxylic acids is 1. The van der Waals surface area contributed by atoms with Crippen LogP contribution in [0, 0.1) is 0 Å². The molecule has 2 aromatic carbocycles. The zero-order valence-electron chi connectivity index (χ0n) is 15.0. The first kappa shape index (κ1) is 18.8. The summed E-state index contributed by atoms with van der Waals surface area (Å²) in [6, 6.07) is 12.9. The third-order valence-electron chi connectivity index (χ3n) is 3.86. The van der Waals surface area contributed by atoms with Gasteiger partial charge in [0.25, 0.3) is 0 Å². The summed E-state index contributed by atoms with van der Waals surface area (Å²) in [5, 5.41) is 6.08. The molecular weight excluding hydrogens is 364 g/mol. The highest BCUT2D eigenvalue weighted by Gasteiger charge is 2.06. The minimum Gasteiger partial charge on any atom is -0.492 e. The van der Waals surface area contributed by atoms with E-state index in [1.54, 1.807) is 30.7 Å². The van der Waals surface area contributed by atoms with E-state index in [9.17, 15) is 4.79 Å². The maximum atomic E-state index is 12.1. The molecule has 0 spiro atoms. The van der Waals surface area contributed by atoms with Crippen LogP contribution in [-0.2, 0) is 13.1 Å². The summed E-state index contributed by atoms with van der Waals surface area (Å²) in [4.78, 5) is 16.2. The van der Waals surface area contributed by atoms with Gasteiger partial charge in [-0.15, -0.1) is 0 Å². The van der Waals surface area contributed by atoms with Crippen molar-refractivity contribution in [1.29, 1.82) is 0 Å². The topological polar surface area (TPSA) is 68.2 Å². The Balaban J connectivity index is 1.54. The molecule has 0 aliphatic heterocycles. The van der Waals surface area contributed by atoms with Crippen LogP contribution in [0.25, 0.3) is 0 Å². The van der Waals surface area contributed by atoms with Gasteiger partial charge < -0.3 is 19.9 Å². The van der Waals surface area contributed by atoms with E-state index in [-0.39, 0.29) is 6.03 Å². The van der Waals surface area contributed by atoms with Gasteiger partial charge >= 0.3 is 6.03 Å². The van der Waals surface area contributed by atoms with Crippen molar-refractivity contribution in [2.75, 3.05) is 11.9 Å². The van der Waals surface area contributed by atoms with Crippen LogP contribution in [0.5, 0.6) is 5.75 Å². The summed E-state index contributed by atoms with van der Waals surface area (Å²) in [6.07, 6.45) is 5.45. The fraction of sp³-hybridized carbons (Fsp3) is 0.200. The average molecular weight is 385 g/mol. The van der Waals surface area contributed by atoms with Crippen LogP contribution < -0.4 is 15.4 Å². The van der Waals surface area contributed by atoms with Gasteiger partial charge in [0.2, 0.25) is 0 Å². The fourth-order valence-electron chi connectivity index (χ4n) is 2.64. The lowest BCUT2D eigenvalue weighted by Crippen LogP contribution is -2.28. The van der Waals surface area contributed by atoms with Crippen molar-refractivity contribution in [3.05, 3.63) is 77.3 Å². The van der Waals surface area contributed by atoms with E-state index in [2.05, 4.69) is 21.7 Å². The van der Waals surface area contributed by atoms with Gasteiger partial charge in [-0.3, -0.25) is 0 Å². The highest BCUT2D eigenvalue weighted by atomic mass is 35.5. The molecule has 2 N–H and O–H groups in total. The van der Waals surface area contributed by atoms with Crippen LogP contribution in [0.2, 0.25) is 5.02 Å². The Morgan fingerprint density at radius 2 is 2.07 bits per heavy atom. The van der Waals surface area contributed by atoms with Crippen molar-refractivity contribution in [2.24, 2.45) is 0 Å². The number of nitrogens with zero attached hydrogens (tertiary/aromatic N) is 2. The van der Waals surface area contributed by atoms with Crippen molar-refractivity contribution in [3.63, 3.8) is 0 Å². The molecule has 6 nitrogen and oxygen atoms in total. The Hall–Kier alpha value is -2.99. The third kappa shape index (κ3) is 5.49. The second-order valence-corrected chi connectivity index (χ2v) is 6.35. The predicted octanol–water partition coefficient (Wildman–Crippen LogP) is 4.31. The first-order valence-corrected chi connectivity index (χ1v) is 9.02. The highest BCUT2D eigenvalue weighted by molar-refractivity contribution is 6.32. The number of halogens is 1. The summed E-state index contributed by atoms with van der Waals surface area (Å²) in [6.45, 7) is 3.59. The summed E-state index contributed by atoms with van der Waals surface area (Å²) >= 11 is 6.14. The number of nitrogens with one attached hydrogen (secondary N) is 2. The number of urea groups is 1. The summed E-state index contributed by atoms with van der Waals surface area (Å²) < 4.78 is 7.38. The van der Waals surface area contributed by atoms with Crippen LogP contribution >= 0.6 is 11.6 Å². The summed E-state index contributed by atoms with van der Waals surface area (Å²) in [5.74, 6) is 0.597. The zero-order chi connectivity index (χ0) is 19.1. The second-order valence-electron chi connectivity index (χ2n) is 5.94.